The molecule has 0 atom stereocenters. The number of carbonyl (C=O) groups is 1. The van der Waals surface area contributed by atoms with Crippen LogP contribution < -0.4 is 5.73 Å². The first-order valence-electron chi connectivity index (χ1n) is 6.78. The van der Waals surface area contributed by atoms with Gasteiger partial charge in [0.1, 0.15) is 0 Å². The Kier molecular flexibility index (Phi) is 4.35. The van der Waals surface area contributed by atoms with Crippen LogP contribution in [-0.2, 0) is 16.0 Å². The summed E-state index contributed by atoms with van der Waals surface area (Å²) in [5, 5.41) is 0.668. The van der Waals surface area contributed by atoms with Crippen LogP contribution >= 0.6 is 11.6 Å². The van der Waals surface area contributed by atoms with Crippen LogP contribution in [0.3, 0.4) is 0 Å². The number of nitrogens with two attached hydrogens (primary N) is 1. The summed E-state index contributed by atoms with van der Waals surface area (Å²) in [6, 6.07) is 5.40. The summed E-state index contributed by atoms with van der Waals surface area (Å²) < 4.78 is 5.34. The van der Waals surface area contributed by atoms with E-state index in [9.17, 15) is 4.79 Å². The Balaban J connectivity index is 2.01. The Hall–Kier alpha value is -1.22. The van der Waals surface area contributed by atoms with Crippen molar-refractivity contribution in [1.29, 1.82) is 0 Å². The van der Waals surface area contributed by atoms with Gasteiger partial charge in [0.05, 0.1) is 12.0 Å². The molecule has 0 bridgehead atoms. The fourth-order valence-electron chi connectivity index (χ4n) is 2.16. The number of anilines is 1. The molecule has 1 aromatic rings. The van der Waals surface area contributed by atoms with Gasteiger partial charge in [-0.1, -0.05) is 24.9 Å². The lowest BCUT2D eigenvalue weighted by molar-refractivity contribution is -0.150. The maximum absolute atomic E-state index is 12.1. The zero-order valence-electron chi connectivity index (χ0n) is 11.2. The quantitative estimate of drug-likeness (QED) is 0.492. The second kappa shape index (κ2) is 5.83. The first-order chi connectivity index (χ1) is 9.07. The van der Waals surface area contributed by atoms with Crippen molar-refractivity contribution in [3.8, 4) is 0 Å². The van der Waals surface area contributed by atoms with E-state index in [-0.39, 0.29) is 11.4 Å². The smallest absolute Gasteiger partial charge is 0.312 e. The highest BCUT2D eigenvalue weighted by Gasteiger charge is 2.51. The Bertz CT molecular complexity index is 469. The molecule has 1 saturated carbocycles. The third-order valence-corrected chi connectivity index (χ3v) is 3.98. The highest BCUT2D eigenvalue weighted by molar-refractivity contribution is 6.31. The molecule has 0 spiro atoms. The molecule has 0 amide bonds. The molecular weight excluding hydrogens is 262 g/mol. The van der Waals surface area contributed by atoms with Gasteiger partial charge in [0.25, 0.3) is 0 Å². The monoisotopic (exact) mass is 281 g/mol. The van der Waals surface area contributed by atoms with Gasteiger partial charge in [-0.25, -0.2) is 0 Å². The number of rotatable bonds is 6. The Labute approximate surface area is 119 Å². The number of halogens is 1. The van der Waals surface area contributed by atoms with Gasteiger partial charge in [0.2, 0.25) is 0 Å². The minimum Gasteiger partial charge on any atom is -0.465 e. The van der Waals surface area contributed by atoms with Crippen molar-refractivity contribution in [2.45, 2.75) is 39.0 Å². The summed E-state index contributed by atoms with van der Waals surface area (Å²) in [7, 11) is 0. The molecule has 0 heterocycles. The van der Waals surface area contributed by atoms with Crippen molar-refractivity contribution in [2.24, 2.45) is 5.41 Å². The van der Waals surface area contributed by atoms with Crippen molar-refractivity contribution >= 4 is 23.3 Å². The summed E-state index contributed by atoms with van der Waals surface area (Å²) >= 11 is 6.15. The topological polar surface area (TPSA) is 52.3 Å². The molecule has 19 heavy (non-hydrogen) atoms. The van der Waals surface area contributed by atoms with Gasteiger partial charge in [-0.15, -0.1) is 0 Å². The molecule has 3 nitrogen and oxygen atoms in total. The number of benzene rings is 1. The largest absolute Gasteiger partial charge is 0.465 e. The molecule has 1 aliphatic carbocycles. The van der Waals surface area contributed by atoms with Gasteiger partial charge in [-0.2, -0.15) is 0 Å². The van der Waals surface area contributed by atoms with Gasteiger partial charge in [-0.05, 0) is 49.4 Å². The summed E-state index contributed by atoms with van der Waals surface area (Å²) in [6.45, 7) is 2.59. The summed E-state index contributed by atoms with van der Waals surface area (Å²) in [5.41, 5.74) is 7.02. The SMILES string of the molecule is CCCCOC(=O)C1(Cc2cc(N)ccc2Cl)CC1. The molecule has 104 valence electrons. The molecule has 0 radical (unpaired) electrons. The third kappa shape index (κ3) is 3.41. The van der Waals surface area contributed by atoms with Crippen LogP contribution in [0.15, 0.2) is 18.2 Å². The second-order valence-corrected chi connectivity index (χ2v) is 5.70. The summed E-state index contributed by atoms with van der Waals surface area (Å²) in [6.07, 6.45) is 4.33. The lowest BCUT2D eigenvalue weighted by Crippen LogP contribution is -2.22. The van der Waals surface area contributed by atoms with Crippen LogP contribution in [-0.4, -0.2) is 12.6 Å². The molecule has 1 aromatic carbocycles. The van der Waals surface area contributed by atoms with E-state index in [2.05, 4.69) is 6.92 Å². The molecule has 4 heteroatoms. The zero-order valence-corrected chi connectivity index (χ0v) is 12.0. The van der Waals surface area contributed by atoms with Crippen molar-refractivity contribution in [3.05, 3.63) is 28.8 Å². The Morgan fingerprint density at radius 3 is 2.84 bits per heavy atom. The maximum Gasteiger partial charge on any atom is 0.312 e. The van der Waals surface area contributed by atoms with E-state index >= 15 is 0 Å². The molecular formula is C15H20ClNO2. The van der Waals surface area contributed by atoms with Crippen LogP contribution in [0.5, 0.6) is 0 Å². The van der Waals surface area contributed by atoms with E-state index in [4.69, 9.17) is 22.1 Å². The highest BCUT2D eigenvalue weighted by Crippen LogP contribution is 2.50. The first-order valence-corrected chi connectivity index (χ1v) is 7.16. The number of ether oxygens (including phenoxy) is 1. The van der Waals surface area contributed by atoms with E-state index < -0.39 is 0 Å². The van der Waals surface area contributed by atoms with Gasteiger partial charge >= 0.3 is 5.97 Å². The van der Waals surface area contributed by atoms with Gasteiger partial charge in [-0.3, -0.25) is 4.79 Å². The zero-order chi connectivity index (χ0) is 13.9. The molecule has 1 aliphatic rings. The molecule has 2 N–H and O–H groups in total. The normalized spacial score (nSPS) is 16.1. The number of unbranched alkanes of at least 4 members (excludes halogenated alkanes) is 1. The predicted octanol–water partition coefficient (Wildman–Crippen LogP) is 3.59. The summed E-state index contributed by atoms with van der Waals surface area (Å²) in [4.78, 5) is 12.1. The molecule has 0 aromatic heterocycles. The van der Waals surface area contributed by atoms with Crippen LogP contribution in [0.25, 0.3) is 0 Å². The van der Waals surface area contributed by atoms with Crippen LogP contribution in [0.4, 0.5) is 5.69 Å². The average Bonchev–Trinajstić information content (AvgIpc) is 3.15. The van der Waals surface area contributed by atoms with E-state index in [1.165, 1.54) is 0 Å². The minimum absolute atomic E-state index is 0.0839. The predicted molar refractivity (Wildman–Crippen MR) is 77.1 cm³/mol. The fraction of sp³-hybridized carbons (Fsp3) is 0.533. The standard InChI is InChI=1S/C15H20ClNO2/c1-2-3-8-19-14(18)15(6-7-15)10-11-9-12(17)4-5-13(11)16/h4-5,9H,2-3,6-8,10,17H2,1H3. The second-order valence-electron chi connectivity index (χ2n) is 5.30. The third-order valence-electron chi connectivity index (χ3n) is 3.62. The highest BCUT2D eigenvalue weighted by atomic mass is 35.5. The van der Waals surface area contributed by atoms with Gasteiger partial charge in [0.15, 0.2) is 0 Å². The molecule has 1 fully saturated rings. The van der Waals surface area contributed by atoms with Crippen LogP contribution in [0.1, 0.15) is 38.2 Å². The number of nitrogen functional groups attached to an aromatic ring is 1. The van der Waals surface area contributed by atoms with Crippen molar-refractivity contribution in [3.63, 3.8) is 0 Å². The number of carbonyl (C=O) groups excluding carboxylic acids is 1. The summed E-state index contributed by atoms with van der Waals surface area (Å²) in [5.74, 6) is -0.0839. The van der Waals surface area contributed by atoms with Crippen molar-refractivity contribution < 1.29 is 9.53 Å². The van der Waals surface area contributed by atoms with Gasteiger partial charge in [0, 0.05) is 10.7 Å². The molecule has 0 aliphatic heterocycles. The van der Waals surface area contributed by atoms with E-state index in [1.54, 1.807) is 12.1 Å². The average molecular weight is 282 g/mol. The minimum atomic E-state index is -0.356. The maximum atomic E-state index is 12.1. The molecule has 0 unspecified atom stereocenters. The van der Waals surface area contributed by atoms with Crippen LogP contribution in [0, 0.1) is 5.41 Å². The fourth-order valence-corrected chi connectivity index (χ4v) is 2.35. The van der Waals surface area contributed by atoms with E-state index in [0.717, 1.165) is 31.2 Å². The van der Waals surface area contributed by atoms with E-state index in [0.29, 0.717) is 23.7 Å². The lowest BCUT2D eigenvalue weighted by atomic mass is 9.96. The Morgan fingerprint density at radius 1 is 1.47 bits per heavy atom. The van der Waals surface area contributed by atoms with Crippen LogP contribution in [0.2, 0.25) is 5.02 Å². The number of hydrogen-bond donors (Lipinski definition) is 1. The lowest BCUT2D eigenvalue weighted by Gasteiger charge is -2.15. The van der Waals surface area contributed by atoms with Gasteiger partial charge < -0.3 is 10.5 Å². The number of hydrogen-bond acceptors (Lipinski definition) is 3. The Morgan fingerprint density at radius 2 is 2.21 bits per heavy atom. The first kappa shape index (κ1) is 14.2. The van der Waals surface area contributed by atoms with Crippen molar-refractivity contribution in [1.82, 2.24) is 0 Å². The van der Waals surface area contributed by atoms with E-state index in [1.807, 2.05) is 6.07 Å². The number of esters is 1. The molecule has 0 saturated heterocycles. The molecule has 2 rings (SSSR count). The van der Waals surface area contributed by atoms with Crippen molar-refractivity contribution in [2.75, 3.05) is 12.3 Å².